The molecule has 1 aromatic heterocycles. The normalized spacial score (nSPS) is 12.8. The molecule has 5 heteroatoms. The minimum atomic E-state index is -0.249. The smallest absolute Gasteiger partial charge is 0.0672 e. The first-order valence-electron chi connectivity index (χ1n) is 4.53. The molecule has 2 aromatic rings. The van der Waals surface area contributed by atoms with E-state index in [1.54, 1.807) is 11.3 Å². The van der Waals surface area contributed by atoms with Crippen molar-refractivity contribution in [1.82, 2.24) is 0 Å². The van der Waals surface area contributed by atoms with Crippen LogP contribution in [-0.2, 0) is 0 Å². The largest absolute Gasteiger partial charge is 0.320 e. The lowest BCUT2D eigenvalue weighted by atomic mass is 10.1. The van der Waals surface area contributed by atoms with Gasteiger partial charge in [0.1, 0.15) is 0 Å². The highest BCUT2D eigenvalue weighted by Gasteiger charge is 2.16. The third-order valence-corrected chi connectivity index (χ3v) is 4.62. The molecular weight excluding hydrogens is 329 g/mol. The summed E-state index contributed by atoms with van der Waals surface area (Å²) in [6.07, 6.45) is 0. The molecule has 0 saturated carbocycles. The van der Waals surface area contributed by atoms with E-state index in [1.807, 2.05) is 29.6 Å². The van der Waals surface area contributed by atoms with Gasteiger partial charge in [-0.15, -0.1) is 11.3 Å². The molecule has 1 unspecified atom stereocenters. The fourth-order valence-electron chi connectivity index (χ4n) is 1.42. The van der Waals surface area contributed by atoms with Crippen LogP contribution in [0.3, 0.4) is 0 Å². The fourth-order valence-corrected chi connectivity index (χ4v) is 3.29. The van der Waals surface area contributed by atoms with Crippen molar-refractivity contribution >= 4 is 50.5 Å². The van der Waals surface area contributed by atoms with E-state index in [2.05, 4.69) is 15.9 Å². The van der Waals surface area contributed by atoms with Gasteiger partial charge in [0.25, 0.3) is 0 Å². The van der Waals surface area contributed by atoms with Gasteiger partial charge in [-0.1, -0.05) is 39.1 Å². The molecule has 0 radical (unpaired) electrons. The third-order valence-electron chi connectivity index (χ3n) is 2.22. The maximum atomic E-state index is 6.17. The number of rotatable bonds is 2. The maximum absolute atomic E-state index is 6.17. The van der Waals surface area contributed by atoms with E-state index in [1.165, 1.54) is 0 Å². The Labute approximate surface area is 116 Å². The van der Waals surface area contributed by atoms with E-state index in [4.69, 9.17) is 28.9 Å². The summed E-state index contributed by atoms with van der Waals surface area (Å²) in [5.74, 6) is 0. The van der Waals surface area contributed by atoms with Gasteiger partial charge in [-0.25, -0.2) is 0 Å². The van der Waals surface area contributed by atoms with Gasteiger partial charge in [-0.3, -0.25) is 0 Å². The molecule has 1 aromatic carbocycles. The Balaban J connectivity index is 2.45. The first-order valence-corrected chi connectivity index (χ1v) is 6.96. The van der Waals surface area contributed by atoms with Crippen molar-refractivity contribution in [3.05, 3.63) is 54.6 Å². The molecule has 0 aliphatic heterocycles. The number of hydrogen-bond acceptors (Lipinski definition) is 2. The molecule has 1 heterocycles. The molecule has 0 aliphatic carbocycles. The summed E-state index contributed by atoms with van der Waals surface area (Å²) in [6, 6.07) is 7.16. The zero-order valence-corrected chi connectivity index (χ0v) is 12.0. The molecular formula is C11H8BrCl2NS. The van der Waals surface area contributed by atoms with Crippen molar-refractivity contribution in [1.29, 1.82) is 0 Å². The first-order chi connectivity index (χ1) is 7.59. The second kappa shape index (κ2) is 5.07. The van der Waals surface area contributed by atoms with Gasteiger partial charge in [0.05, 0.1) is 11.1 Å². The molecule has 0 fully saturated rings. The fraction of sp³-hybridized carbons (Fsp3) is 0.0909. The first kappa shape index (κ1) is 12.4. The molecule has 0 aliphatic rings. The van der Waals surface area contributed by atoms with Crippen molar-refractivity contribution in [3.63, 3.8) is 0 Å². The molecule has 16 heavy (non-hydrogen) atoms. The second-order valence-corrected chi connectivity index (χ2v) is 5.92. The quantitative estimate of drug-likeness (QED) is 0.832. The molecule has 0 spiro atoms. The zero-order valence-electron chi connectivity index (χ0n) is 8.08. The predicted octanol–water partition coefficient (Wildman–Crippen LogP) is 4.87. The lowest BCUT2D eigenvalue weighted by Gasteiger charge is -2.13. The Kier molecular flexibility index (Phi) is 3.93. The molecule has 0 amide bonds. The lowest BCUT2D eigenvalue weighted by Crippen LogP contribution is -2.11. The highest BCUT2D eigenvalue weighted by Crippen LogP contribution is 2.35. The van der Waals surface area contributed by atoms with Crippen molar-refractivity contribution in [2.75, 3.05) is 0 Å². The van der Waals surface area contributed by atoms with Crippen LogP contribution in [0.5, 0.6) is 0 Å². The maximum Gasteiger partial charge on any atom is 0.0672 e. The number of thiophene rings is 1. The molecule has 0 saturated heterocycles. The van der Waals surface area contributed by atoms with Crippen LogP contribution in [0.2, 0.25) is 10.0 Å². The molecule has 0 bridgehead atoms. The molecule has 1 nitrogen and oxygen atoms in total. The van der Waals surface area contributed by atoms with Gasteiger partial charge in [-0.2, -0.15) is 0 Å². The van der Waals surface area contributed by atoms with Gasteiger partial charge >= 0.3 is 0 Å². The Morgan fingerprint density at radius 1 is 1.25 bits per heavy atom. The summed E-state index contributed by atoms with van der Waals surface area (Å²) in [6.45, 7) is 0. The van der Waals surface area contributed by atoms with Crippen molar-refractivity contribution in [3.8, 4) is 0 Å². The van der Waals surface area contributed by atoms with Crippen LogP contribution in [0.15, 0.2) is 34.1 Å². The van der Waals surface area contributed by atoms with E-state index < -0.39 is 0 Å². The van der Waals surface area contributed by atoms with Crippen LogP contribution in [-0.4, -0.2) is 0 Å². The minimum absolute atomic E-state index is 0.249. The standard InChI is InChI=1S/C11H8BrCl2NS/c12-8-2-1-6(13)5-7(8)10(15)11-9(14)3-4-16-11/h1-5,10H,15H2. The average molecular weight is 337 g/mol. The van der Waals surface area contributed by atoms with Gasteiger partial charge in [0.2, 0.25) is 0 Å². The summed E-state index contributed by atoms with van der Waals surface area (Å²) in [7, 11) is 0. The van der Waals surface area contributed by atoms with E-state index in [9.17, 15) is 0 Å². The summed E-state index contributed by atoms with van der Waals surface area (Å²) >= 11 is 17.0. The topological polar surface area (TPSA) is 26.0 Å². The number of nitrogens with two attached hydrogens (primary N) is 1. The molecule has 2 N–H and O–H groups in total. The van der Waals surface area contributed by atoms with Gasteiger partial charge in [-0.05, 0) is 35.2 Å². The number of benzene rings is 1. The van der Waals surface area contributed by atoms with Crippen LogP contribution in [0.25, 0.3) is 0 Å². The Morgan fingerprint density at radius 3 is 2.62 bits per heavy atom. The zero-order chi connectivity index (χ0) is 11.7. The SMILES string of the molecule is NC(c1cc(Cl)ccc1Br)c1sccc1Cl. The van der Waals surface area contributed by atoms with Crippen molar-refractivity contribution < 1.29 is 0 Å². The number of halogens is 3. The summed E-state index contributed by atoms with van der Waals surface area (Å²) < 4.78 is 0.939. The van der Waals surface area contributed by atoms with Crippen LogP contribution in [0.1, 0.15) is 16.5 Å². The molecule has 84 valence electrons. The Bertz CT molecular complexity index is 512. The summed E-state index contributed by atoms with van der Waals surface area (Å²) in [4.78, 5) is 0.949. The van der Waals surface area contributed by atoms with Crippen LogP contribution < -0.4 is 5.73 Å². The molecule has 2 rings (SSSR count). The van der Waals surface area contributed by atoms with E-state index in [0.717, 1.165) is 14.9 Å². The van der Waals surface area contributed by atoms with Gasteiger partial charge in [0, 0.05) is 14.4 Å². The van der Waals surface area contributed by atoms with Crippen molar-refractivity contribution in [2.45, 2.75) is 6.04 Å². The summed E-state index contributed by atoms with van der Waals surface area (Å²) in [5.41, 5.74) is 7.11. The lowest BCUT2D eigenvalue weighted by molar-refractivity contribution is 0.888. The van der Waals surface area contributed by atoms with E-state index >= 15 is 0 Å². The van der Waals surface area contributed by atoms with Crippen LogP contribution >= 0.6 is 50.5 Å². The third kappa shape index (κ3) is 2.44. The molecule has 1 atom stereocenters. The van der Waals surface area contributed by atoms with Crippen LogP contribution in [0.4, 0.5) is 0 Å². The minimum Gasteiger partial charge on any atom is -0.320 e. The van der Waals surface area contributed by atoms with Gasteiger partial charge in [0.15, 0.2) is 0 Å². The Hall–Kier alpha value is -0.0600. The average Bonchev–Trinajstić information content (AvgIpc) is 2.67. The van der Waals surface area contributed by atoms with Crippen LogP contribution in [0, 0.1) is 0 Å². The highest BCUT2D eigenvalue weighted by atomic mass is 79.9. The Morgan fingerprint density at radius 2 is 2.00 bits per heavy atom. The summed E-state index contributed by atoms with van der Waals surface area (Å²) in [5, 5.41) is 3.29. The van der Waals surface area contributed by atoms with Crippen molar-refractivity contribution in [2.24, 2.45) is 5.73 Å². The van der Waals surface area contributed by atoms with E-state index in [-0.39, 0.29) is 6.04 Å². The predicted molar refractivity (Wildman–Crippen MR) is 74.5 cm³/mol. The second-order valence-electron chi connectivity index (χ2n) is 3.28. The van der Waals surface area contributed by atoms with Gasteiger partial charge < -0.3 is 5.73 Å². The number of hydrogen-bond donors (Lipinski definition) is 1. The van der Waals surface area contributed by atoms with E-state index in [0.29, 0.717) is 10.0 Å². The monoisotopic (exact) mass is 335 g/mol. The highest BCUT2D eigenvalue weighted by molar-refractivity contribution is 9.10.